The molecule has 0 saturated heterocycles. The van der Waals surface area contributed by atoms with Gasteiger partial charge in [-0.2, -0.15) is 13.2 Å². The average Bonchev–Trinajstić information content (AvgIpc) is 2.42. The van der Waals surface area contributed by atoms with Gasteiger partial charge in [0.1, 0.15) is 0 Å². The lowest BCUT2D eigenvalue weighted by atomic mass is 10.0. The Morgan fingerprint density at radius 1 is 1.10 bits per heavy atom. The van der Waals surface area contributed by atoms with E-state index in [9.17, 15) is 13.2 Å². The van der Waals surface area contributed by atoms with E-state index >= 15 is 0 Å². The third kappa shape index (κ3) is 5.16. The van der Waals surface area contributed by atoms with Crippen molar-refractivity contribution in [1.29, 1.82) is 0 Å². The Labute approximate surface area is 119 Å². The number of alkyl halides is 3. The van der Waals surface area contributed by atoms with Crippen LogP contribution < -0.4 is 5.32 Å². The molecule has 1 nitrogen and oxygen atoms in total. The number of nitrogens with one attached hydrogen (secondary N) is 1. The van der Waals surface area contributed by atoms with E-state index < -0.39 is 11.7 Å². The fourth-order valence-corrected chi connectivity index (χ4v) is 2.27. The highest BCUT2D eigenvalue weighted by Gasteiger charge is 2.30. The first-order chi connectivity index (χ1) is 9.38. The zero-order valence-electron chi connectivity index (χ0n) is 12.4. The van der Waals surface area contributed by atoms with Crippen LogP contribution in [0.3, 0.4) is 0 Å². The molecule has 0 aliphatic rings. The molecule has 1 rings (SSSR count). The number of hydrogen-bond acceptors (Lipinski definition) is 1. The third-order valence-electron chi connectivity index (χ3n) is 3.62. The van der Waals surface area contributed by atoms with Crippen LogP contribution in [0.25, 0.3) is 0 Å². The molecule has 0 amide bonds. The highest BCUT2D eigenvalue weighted by Crippen LogP contribution is 2.30. The van der Waals surface area contributed by atoms with Crippen molar-refractivity contribution < 1.29 is 13.2 Å². The molecule has 2 unspecified atom stereocenters. The number of hydrogen-bond donors (Lipinski definition) is 1. The van der Waals surface area contributed by atoms with Crippen molar-refractivity contribution >= 4 is 0 Å². The van der Waals surface area contributed by atoms with Gasteiger partial charge in [0.05, 0.1) is 5.56 Å². The summed E-state index contributed by atoms with van der Waals surface area (Å²) in [5.41, 5.74) is 0.305. The van der Waals surface area contributed by atoms with Gasteiger partial charge in [0.15, 0.2) is 0 Å². The molecule has 0 aliphatic carbocycles. The fraction of sp³-hybridized carbons (Fsp3) is 0.625. The molecule has 2 atom stereocenters. The van der Waals surface area contributed by atoms with Crippen molar-refractivity contribution in [1.82, 2.24) is 5.32 Å². The standard InChI is InChI=1S/C16H24F3N/c1-4-6-7-15(5-2)20-12(3)13-8-10-14(11-9-13)16(17,18)19/h8-12,15,20H,4-7H2,1-3H3. The lowest BCUT2D eigenvalue weighted by Gasteiger charge is -2.23. The van der Waals surface area contributed by atoms with Gasteiger partial charge in [-0.1, -0.05) is 38.8 Å². The van der Waals surface area contributed by atoms with Crippen molar-refractivity contribution in [2.24, 2.45) is 0 Å². The Morgan fingerprint density at radius 3 is 2.15 bits per heavy atom. The van der Waals surface area contributed by atoms with Gasteiger partial charge in [0.2, 0.25) is 0 Å². The van der Waals surface area contributed by atoms with E-state index in [0.717, 1.165) is 37.0 Å². The van der Waals surface area contributed by atoms with Gasteiger partial charge in [0.25, 0.3) is 0 Å². The number of halogens is 3. The molecule has 1 aromatic rings. The molecule has 0 spiro atoms. The van der Waals surface area contributed by atoms with Gasteiger partial charge in [-0.25, -0.2) is 0 Å². The van der Waals surface area contributed by atoms with Crippen LogP contribution in [0, 0.1) is 0 Å². The molecule has 20 heavy (non-hydrogen) atoms. The monoisotopic (exact) mass is 287 g/mol. The SMILES string of the molecule is CCCCC(CC)NC(C)c1ccc(C(F)(F)F)cc1. The van der Waals surface area contributed by atoms with Crippen LogP contribution in [-0.4, -0.2) is 6.04 Å². The average molecular weight is 287 g/mol. The topological polar surface area (TPSA) is 12.0 Å². The normalized spacial score (nSPS) is 15.1. The Balaban J connectivity index is 2.65. The first-order valence-corrected chi connectivity index (χ1v) is 7.31. The van der Waals surface area contributed by atoms with Crippen molar-refractivity contribution in [3.8, 4) is 0 Å². The van der Waals surface area contributed by atoms with Gasteiger partial charge < -0.3 is 5.32 Å². The van der Waals surface area contributed by atoms with E-state index in [1.165, 1.54) is 6.42 Å². The van der Waals surface area contributed by atoms with E-state index in [2.05, 4.69) is 19.2 Å². The van der Waals surface area contributed by atoms with Crippen molar-refractivity contribution in [2.75, 3.05) is 0 Å². The second-order valence-electron chi connectivity index (χ2n) is 5.26. The van der Waals surface area contributed by atoms with Crippen LogP contribution in [-0.2, 0) is 6.18 Å². The van der Waals surface area contributed by atoms with E-state index in [0.29, 0.717) is 6.04 Å². The van der Waals surface area contributed by atoms with Crippen molar-refractivity contribution in [3.63, 3.8) is 0 Å². The Hall–Kier alpha value is -1.03. The summed E-state index contributed by atoms with van der Waals surface area (Å²) in [7, 11) is 0. The summed E-state index contributed by atoms with van der Waals surface area (Å²) < 4.78 is 37.5. The second kappa shape index (κ2) is 7.67. The second-order valence-corrected chi connectivity index (χ2v) is 5.26. The Morgan fingerprint density at radius 2 is 1.70 bits per heavy atom. The molecule has 0 saturated carbocycles. The van der Waals surface area contributed by atoms with Crippen LogP contribution in [0.1, 0.15) is 63.6 Å². The predicted molar refractivity (Wildman–Crippen MR) is 76.6 cm³/mol. The van der Waals surface area contributed by atoms with Crippen LogP contribution in [0.4, 0.5) is 13.2 Å². The van der Waals surface area contributed by atoms with Gasteiger partial charge in [-0.15, -0.1) is 0 Å². The summed E-state index contributed by atoms with van der Waals surface area (Å²) in [5, 5.41) is 3.49. The minimum Gasteiger partial charge on any atom is -0.307 e. The smallest absolute Gasteiger partial charge is 0.307 e. The van der Waals surface area contributed by atoms with E-state index in [1.54, 1.807) is 12.1 Å². The molecular weight excluding hydrogens is 263 g/mol. The summed E-state index contributed by atoms with van der Waals surface area (Å²) in [6.45, 7) is 6.29. The Bertz CT molecular complexity index is 384. The quantitative estimate of drug-likeness (QED) is 0.715. The molecule has 4 heteroatoms. The molecule has 0 heterocycles. The van der Waals surface area contributed by atoms with Crippen LogP contribution in [0.2, 0.25) is 0 Å². The molecule has 1 aromatic carbocycles. The van der Waals surface area contributed by atoms with Crippen LogP contribution in [0.5, 0.6) is 0 Å². The molecule has 0 radical (unpaired) electrons. The van der Waals surface area contributed by atoms with Gasteiger partial charge in [0, 0.05) is 12.1 Å². The van der Waals surface area contributed by atoms with Crippen molar-refractivity contribution in [3.05, 3.63) is 35.4 Å². The molecule has 0 bridgehead atoms. The predicted octanol–water partition coefficient (Wildman–Crippen LogP) is 5.32. The maximum absolute atomic E-state index is 12.5. The molecule has 0 aromatic heterocycles. The summed E-state index contributed by atoms with van der Waals surface area (Å²) in [6, 6.07) is 5.92. The maximum atomic E-state index is 12.5. The summed E-state index contributed by atoms with van der Waals surface area (Å²) in [5.74, 6) is 0. The first-order valence-electron chi connectivity index (χ1n) is 7.31. The van der Waals surface area contributed by atoms with E-state index in [-0.39, 0.29) is 6.04 Å². The highest BCUT2D eigenvalue weighted by molar-refractivity contribution is 5.26. The lowest BCUT2D eigenvalue weighted by Crippen LogP contribution is -2.31. The maximum Gasteiger partial charge on any atom is 0.416 e. The number of rotatable bonds is 7. The van der Waals surface area contributed by atoms with E-state index in [4.69, 9.17) is 0 Å². The van der Waals surface area contributed by atoms with E-state index in [1.807, 2.05) is 6.92 Å². The zero-order valence-corrected chi connectivity index (χ0v) is 12.4. The minimum absolute atomic E-state index is 0.0686. The van der Waals surface area contributed by atoms with Crippen molar-refractivity contribution in [2.45, 2.75) is 64.7 Å². The lowest BCUT2D eigenvalue weighted by molar-refractivity contribution is -0.137. The summed E-state index contributed by atoms with van der Waals surface area (Å²) in [4.78, 5) is 0. The summed E-state index contributed by atoms with van der Waals surface area (Å²) in [6.07, 6.45) is 0.212. The fourth-order valence-electron chi connectivity index (χ4n) is 2.27. The largest absolute Gasteiger partial charge is 0.416 e. The Kier molecular flexibility index (Phi) is 6.53. The highest BCUT2D eigenvalue weighted by atomic mass is 19.4. The van der Waals surface area contributed by atoms with Gasteiger partial charge in [-0.3, -0.25) is 0 Å². The third-order valence-corrected chi connectivity index (χ3v) is 3.62. The zero-order chi connectivity index (χ0) is 15.2. The van der Waals surface area contributed by atoms with Gasteiger partial charge in [-0.05, 0) is 37.5 Å². The van der Waals surface area contributed by atoms with Crippen LogP contribution in [0.15, 0.2) is 24.3 Å². The minimum atomic E-state index is -4.26. The molecular formula is C16H24F3N. The first kappa shape index (κ1) is 17.0. The van der Waals surface area contributed by atoms with Crippen LogP contribution >= 0.6 is 0 Å². The van der Waals surface area contributed by atoms with Gasteiger partial charge >= 0.3 is 6.18 Å². The molecule has 0 fully saturated rings. The molecule has 1 N–H and O–H groups in total. The molecule has 114 valence electrons. The number of unbranched alkanes of at least 4 members (excludes halogenated alkanes) is 1. The summed E-state index contributed by atoms with van der Waals surface area (Å²) >= 11 is 0. The molecule has 0 aliphatic heterocycles. The number of benzene rings is 1.